The van der Waals surface area contributed by atoms with Crippen LogP contribution in [0.1, 0.15) is 36.6 Å². The Morgan fingerprint density at radius 3 is 2.75 bits per heavy atom. The smallest absolute Gasteiger partial charge is 0.0725 e. The average molecular weight is 290 g/mol. The lowest BCUT2D eigenvalue weighted by Gasteiger charge is -2.19. The van der Waals surface area contributed by atoms with E-state index in [9.17, 15) is 0 Å². The Hall–Kier alpha value is -1.42. The molecule has 0 amide bonds. The van der Waals surface area contributed by atoms with Crippen LogP contribution in [0.2, 0.25) is 5.02 Å². The van der Waals surface area contributed by atoms with Crippen molar-refractivity contribution in [2.75, 3.05) is 0 Å². The molecule has 0 aliphatic carbocycles. The van der Waals surface area contributed by atoms with Crippen molar-refractivity contribution in [2.24, 2.45) is 11.8 Å². The first kappa shape index (κ1) is 15.0. The Kier molecular flexibility index (Phi) is 5.12. The van der Waals surface area contributed by atoms with Gasteiger partial charge in [-0.05, 0) is 35.1 Å². The van der Waals surface area contributed by atoms with Gasteiger partial charge in [-0.25, -0.2) is 5.43 Å². The van der Waals surface area contributed by atoms with Crippen LogP contribution in [-0.4, -0.2) is 4.98 Å². The molecule has 3 nitrogen and oxygen atoms in total. The summed E-state index contributed by atoms with van der Waals surface area (Å²) in [6.07, 6.45) is 4.41. The van der Waals surface area contributed by atoms with Crippen molar-refractivity contribution >= 4 is 11.6 Å². The number of rotatable bonds is 5. The maximum absolute atomic E-state index is 6.21. The van der Waals surface area contributed by atoms with Gasteiger partial charge in [0.2, 0.25) is 0 Å². The van der Waals surface area contributed by atoms with Gasteiger partial charge in [0.05, 0.1) is 11.1 Å². The molecule has 106 valence electrons. The standard InChI is InChI=1S/C16H20ClN3/c1-11(2)8-12-4-3-5-13(9-12)16(20-18)14-6-7-19-10-15(14)17/h3-7,9-11,16,20H,8,18H2,1-2H3. The topological polar surface area (TPSA) is 50.9 Å². The quantitative estimate of drug-likeness (QED) is 0.654. The highest BCUT2D eigenvalue weighted by atomic mass is 35.5. The summed E-state index contributed by atoms with van der Waals surface area (Å²) >= 11 is 6.21. The first-order chi connectivity index (χ1) is 9.61. The van der Waals surface area contributed by atoms with Crippen molar-refractivity contribution in [1.29, 1.82) is 0 Å². The van der Waals surface area contributed by atoms with Crippen molar-refractivity contribution in [3.05, 3.63) is 64.4 Å². The van der Waals surface area contributed by atoms with Crippen molar-refractivity contribution in [2.45, 2.75) is 26.3 Å². The highest BCUT2D eigenvalue weighted by molar-refractivity contribution is 6.31. The van der Waals surface area contributed by atoms with Gasteiger partial charge in [0.1, 0.15) is 0 Å². The second kappa shape index (κ2) is 6.84. The zero-order valence-corrected chi connectivity index (χ0v) is 12.6. The van der Waals surface area contributed by atoms with E-state index in [0.717, 1.165) is 17.5 Å². The van der Waals surface area contributed by atoms with Gasteiger partial charge in [0.25, 0.3) is 0 Å². The lowest BCUT2D eigenvalue weighted by Crippen LogP contribution is -2.29. The lowest BCUT2D eigenvalue weighted by atomic mass is 9.95. The first-order valence-electron chi connectivity index (χ1n) is 6.76. The van der Waals surface area contributed by atoms with E-state index in [-0.39, 0.29) is 6.04 Å². The lowest BCUT2D eigenvalue weighted by molar-refractivity contribution is 0.627. The third-order valence-corrected chi connectivity index (χ3v) is 3.53. The van der Waals surface area contributed by atoms with Gasteiger partial charge >= 0.3 is 0 Å². The number of pyridine rings is 1. The van der Waals surface area contributed by atoms with E-state index in [1.54, 1.807) is 12.4 Å². The van der Waals surface area contributed by atoms with Crippen LogP contribution < -0.4 is 11.3 Å². The normalized spacial score (nSPS) is 12.7. The molecule has 1 unspecified atom stereocenters. The number of hydrogen-bond donors (Lipinski definition) is 2. The molecule has 4 heteroatoms. The van der Waals surface area contributed by atoms with Crippen LogP contribution in [0.15, 0.2) is 42.7 Å². The highest BCUT2D eigenvalue weighted by Crippen LogP contribution is 2.27. The van der Waals surface area contributed by atoms with Gasteiger partial charge in [-0.1, -0.05) is 49.7 Å². The molecule has 2 rings (SSSR count). The maximum Gasteiger partial charge on any atom is 0.0725 e. The summed E-state index contributed by atoms with van der Waals surface area (Å²) in [5, 5.41) is 0.615. The number of nitrogens with two attached hydrogens (primary N) is 1. The number of benzene rings is 1. The fourth-order valence-corrected chi connectivity index (χ4v) is 2.59. The van der Waals surface area contributed by atoms with Gasteiger partial charge in [-0.3, -0.25) is 10.8 Å². The Morgan fingerprint density at radius 2 is 2.10 bits per heavy atom. The molecular weight excluding hydrogens is 270 g/mol. The van der Waals surface area contributed by atoms with Crippen LogP contribution in [0, 0.1) is 5.92 Å². The van der Waals surface area contributed by atoms with Gasteiger partial charge in [-0.15, -0.1) is 0 Å². The number of nitrogens with one attached hydrogen (secondary N) is 1. The molecule has 0 fully saturated rings. The second-order valence-corrected chi connectivity index (χ2v) is 5.75. The summed E-state index contributed by atoms with van der Waals surface area (Å²) in [5.41, 5.74) is 6.20. The summed E-state index contributed by atoms with van der Waals surface area (Å²) < 4.78 is 0. The van der Waals surface area contributed by atoms with Crippen molar-refractivity contribution < 1.29 is 0 Å². The van der Waals surface area contributed by atoms with E-state index in [1.807, 2.05) is 6.07 Å². The Labute approximate surface area is 125 Å². The molecule has 0 spiro atoms. The van der Waals surface area contributed by atoms with Gasteiger partial charge in [0.15, 0.2) is 0 Å². The molecule has 0 saturated heterocycles. The minimum absolute atomic E-state index is 0.127. The SMILES string of the molecule is CC(C)Cc1cccc(C(NN)c2ccncc2Cl)c1. The monoisotopic (exact) mass is 289 g/mol. The van der Waals surface area contributed by atoms with Crippen molar-refractivity contribution in [3.63, 3.8) is 0 Å². The first-order valence-corrected chi connectivity index (χ1v) is 7.14. The van der Waals surface area contributed by atoms with Crippen LogP contribution in [0.3, 0.4) is 0 Å². The van der Waals surface area contributed by atoms with E-state index in [1.165, 1.54) is 5.56 Å². The molecule has 1 aromatic carbocycles. The van der Waals surface area contributed by atoms with E-state index >= 15 is 0 Å². The zero-order valence-electron chi connectivity index (χ0n) is 11.8. The highest BCUT2D eigenvalue weighted by Gasteiger charge is 2.15. The molecule has 20 heavy (non-hydrogen) atoms. The molecule has 0 saturated carbocycles. The van der Waals surface area contributed by atoms with E-state index < -0.39 is 0 Å². The van der Waals surface area contributed by atoms with Crippen LogP contribution in [0.5, 0.6) is 0 Å². The maximum atomic E-state index is 6.21. The summed E-state index contributed by atoms with van der Waals surface area (Å²) in [5.74, 6) is 6.35. The number of halogens is 1. The van der Waals surface area contributed by atoms with Gasteiger partial charge in [0, 0.05) is 12.4 Å². The molecule has 1 atom stereocenters. The van der Waals surface area contributed by atoms with Crippen LogP contribution in [0.25, 0.3) is 0 Å². The molecule has 1 heterocycles. The van der Waals surface area contributed by atoms with Crippen LogP contribution >= 0.6 is 11.6 Å². The Balaban J connectivity index is 2.35. The number of aromatic nitrogens is 1. The van der Waals surface area contributed by atoms with Crippen molar-refractivity contribution in [3.8, 4) is 0 Å². The summed E-state index contributed by atoms with van der Waals surface area (Å²) in [4.78, 5) is 4.01. The Bertz CT molecular complexity index is 569. The molecule has 0 radical (unpaired) electrons. The minimum atomic E-state index is -0.127. The van der Waals surface area contributed by atoms with E-state index in [0.29, 0.717) is 10.9 Å². The van der Waals surface area contributed by atoms with Crippen molar-refractivity contribution in [1.82, 2.24) is 10.4 Å². The third-order valence-electron chi connectivity index (χ3n) is 3.21. The predicted octanol–water partition coefficient (Wildman–Crippen LogP) is 3.49. The fraction of sp³-hybridized carbons (Fsp3) is 0.312. The molecule has 0 aliphatic heterocycles. The number of hydrogen-bond acceptors (Lipinski definition) is 3. The molecule has 1 aromatic heterocycles. The van der Waals surface area contributed by atoms with Gasteiger partial charge in [-0.2, -0.15) is 0 Å². The largest absolute Gasteiger partial charge is 0.271 e. The number of hydrazine groups is 1. The molecule has 0 bridgehead atoms. The summed E-state index contributed by atoms with van der Waals surface area (Å²) in [6, 6.07) is 10.2. The fourth-order valence-electron chi connectivity index (χ4n) is 2.36. The molecule has 2 aromatic rings. The van der Waals surface area contributed by atoms with Crippen LogP contribution in [-0.2, 0) is 6.42 Å². The second-order valence-electron chi connectivity index (χ2n) is 5.34. The van der Waals surface area contributed by atoms with Crippen LogP contribution in [0.4, 0.5) is 0 Å². The number of nitrogens with zero attached hydrogens (tertiary/aromatic N) is 1. The average Bonchev–Trinajstić information content (AvgIpc) is 2.41. The predicted molar refractivity (Wildman–Crippen MR) is 83.4 cm³/mol. The van der Waals surface area contributed by atoms with Gasteiger partial charge < -0.3 is 0 Å². The summed E-state index contributed by atoms with van der Waals surface area (Å²) in [6.45, 7) is 4.43. The molecular formula is C16H20ClN3. The Morgan fingerprint density at radius 1 is 1.30 bits per heavy atom. The summed E-state index contributed by atoms with van der Waals surface area (Å²) in [7, 11) is 0. The van der Waals surface area contributed by atoms with E-state index in [4.69, 9.17) is 17.4 Å². The third kappa shape index (κ3) is 3.57. The minimum Gasteiger partial charge on any atom is -0.271 e. The molecule has 0 aliphatic rings. The zero-order chi connectivity index (χ0) is 14.5. The van der Waals surface area contributed by atoms with E-state index in [2.05, 4.69) is 48.5 Å². The molecule has 3 N–H and O–H groups in total.